The van der Waals surface area contributed by atoms with Gasteiger partial charge in [-0.15, -0.1) is 11.3 Å². The van der Waals surface area contributed by atoms with E-state index in [2.05, 4.69) is 20.5 Å². The molecule has 0 saturated carbocycles. The highest BCUT2D eigenvalue weighted by Gasteiger charge is 2.22. The number of hydrogen-bond donors (Lipinski definition) is 2. The minimum atomic E-state index is -0.359. The number of halogens is 1. The molecular formula is C24H32ClN5O4S. The van der Waals surface area contributed by atoms with Gasteiger partial charge < -0.3 is 20.3 Å². The highest BCUT2D eigenvalue weighted by Crippen LogP contribution is 2.19. The maximum Gasteiger partial charge on any atom is 0.255 e. The van der Waals surface area contributed by atoms with Crippen LogP contribution in [0.15, 0.2) is 29.6 Å². The predicted molar refractivity (Wildman–Crippen MR) is 137 cm³/mol. The lowest BCUT2D eigenvalue weighted by molar-refractivity contribution is -0.120. The second-order valence-electron chi connectivity index (χ2n) is 8.73. The van der Waals surface area contributed by atoms with Crippen LogP contribution < -0.4 is 10.6 Å². The van der Waals surface area contributed by atoms with Gasteiger partial charge in [0, 0.05) is 38.1 Å². The number of amides is 3. The predicted octanol–water partition coefficient (Wildman–Crippen LogP) is 2.52. The van der Waals surface area contributed by atoms with Gasteiger partial charge in [-0.3, -0.25) is 19.3 Å². The van der Waals surface area contributed by atoms with Crippen LogP contribution in [0.3, 0.4) is 0 Å². The van der Waals surface area contributed by atoms with Crippen molar-refractivity contribution < 1.29 is 19.1 Å². The fourth-order valence-corrected chi connectivity index (χ4v) is 4.59. The summed E-state index contributed by atoms with van der Waals surface area (Å²) in [6.07, 6.45) is 0.139. The van der Waals surface area contributed by atoms with Crippen molar-refractivity contribution in [1.82, 2.24) is 20.1 Å². The average molecular weight is 522 g/mol. The number of benzene rings is 1. The standard InChI is InChI=1S/C24H32ClN5O4S/c1-17(2)14-30(23(33)19-5-3-4-6-20(19)25)15-22(32)28-24-27-18(16-35-24)13-21(31)26-7-8-29-9-11-34-12-10-29/h3-6,16-17H,7-15H2,1-2H3,(H,26,31)(H,27,28,32). The molecule has 0 aliphatic carbocycles. The maximum atomic E-state index is 13.0. The fourth-order valence-electron chi connectivity index (χ4n) is 3.65. The number of carbonyl (C=O) groups excluding carboxylic acids is 3. The van der Waals surface area contributed by atoms with E-state index in [1.54, 1.807) is 29.6 Å². The zero-order valence-corrected chi connectivity index (χ0v) is 21.7. The summed E-state index contributed by atoms with van der Waals surface area (Å²) in [5.74, 6) is -0.604. The van der Waals surface area contributed by atoms with Crippen LogP contribution in [0.1, 0.15) is 29.9 Å². The lowest BCUT2D eigenvalue weighted by atomic mass is 10.1. The fraction of sp³-hybridized carbons (Fsp3) is 0.500. The molecule has 9 nitrogen and oxygen atoms in total. The molecule has 1 saturated heterocycles. The zero-order chi connectivity index (χ0) is 25.2. The lowest BCUT2D eigenvalue weighted by Gasteiger charge is -2.26. The van der Waals surface area contributed by atoms with Gasteiger partial charge in [-0.1, -0.05) is 37.6 Å². The van der Waals surface area contributed by atoms with Crippen LogP contribution >= 0.6 is 22.9 Å². The first-order valence-corrected chi connectivity index (χ1v) is 12.9. The van der Waals surface area contributed by atoms with Gasteiger partial charge in [-0.25, -0.2) is 4.98 Å². The summed E-state index contributed by atoms with van der Waals surface area (Å²) in [5, 5.41) is 8.13. The molecule has 35 heavy (non-hydrogen) atoms. The normalized spacial score (nSPS) is 14.1. The third-order valence-electron chi connectivity index (χ3n) is 5.31. The molecule has 0 radical (unpaired) electrons. The summed E-state index contributed by atoms with van der Waals surface area (Å²) in [5.41, 5.74) is 0.944. The molecule has 11 heteroatoms. The van der Waals surface area contributed by atoms with E-state index in [0.717, 1.165) is 32.8 Å². The molecule has 190 valence electrons. The van der Waals surface area contributed by atoms with Crippen molar-refractivity contribution in [3.63, 3.8) is 0 Å². The maximum absolute atomic E-state index is 13.0. The number of rotatable bonds is 11. The second kappa shape index (κ2) is 13.5. The van der Waals surface area contributed by atoms with Gasteiger partial charge in [0.1, 0.15) is 6.54 Å². The molecule has 0 bridgehead atoms. The van der Waals surface area contributed by atoms with Crippen LogP contribution in [-0.2, 0) is 20.7 Å². The monoisotopic (exact) mass is 521 g/mol. The molecule has 3 amide bonds. The van der Waals surface area contributed by atoms with Crippen LogP contribution in [0.4, 0.5) is 5.13 Å². The number of hydrogen-bond acceptors (Lipinski definition) is 7. The van der Waals surface area contributed by atoms with E-state index < -0.39 is 0 Å². The Morgan fingerprint density at radius 3 is 2.66 bits per heavy atom. The van der Waals surface area contributed by atoms with Crippen LogP contribution in [0.2, 0.25) is 5.02 Å². The highest BCUT2D eigenvalue weighted by molar-refractivity contribution is 7.13. The number of nitrogens with one attached hydrogen (secondary N) is 2. The Bertz CT molecular complexity index is 1010. The van der Waals surface area contributed by atoms with Gasteiger partial charge in [-0.05, 0) is 18.1 Å². The Morgan fingerprint density at radius 1 is 1.20 bits per heavy atom. The van der Waals surface area contributed by atoms with E-state index in [9.17, 15) is 14.4 Å². The third-order valence-corrected chi connectivity index (χ3v) is 6.44. The van der Waals surface area contributed by atoms with Gasteiger partial charge >= 0.3 is 0 Å². The van der Waals surface area contributed by atoms with Crippen molar-refractivity contribution >= 4 is 45.8 Å². The number of carbonyl (C=O) groups is 3. The van der Waals surface area contributed by atoms with Crippen LogP contribution in [0, 0.1) is 5.92 Å². The van der Waals surface area contributed by atoms with E-state index in [1.807, 2.05) is 13.8 Å². The molecule has 2 N–H and O–H groups in total. The summed E-state index contributed by atoms with van der Waals surface area (Å²) in [7, 11) is 0. The Balaban J connectivity index is 1.48. The summed E-state index contributed by atoms with van der Waals surface area (Å²) in [4.78, 5) is 46.0. The number of ether oxygens (including phenoxy) is 1. The smallest absolute Gasteiger partial charge is 0.255 e. The van der Waals surface area contributed by atoms with Gasteiger partial charge in [0.15, 0.2) is 5.13 Å². The van der Waals surface area contributed by atoms with Gasteiger partial charge in [-0.2, -0.15) is 0 Å². The van der Waals surface area contributed by atoms with Gasteiger partial charge in [0.05, 0.1) is 35.9 Å². The molecule has 1 aromatic heterocycles. The molecular weight excluding hydrogens is 490 g/mol. The number of thiazole rings is 1. The van der Waals surface area contributed by atoms with Crippen LogP contribution in [-0.4, -0.2) is 85.0 Å². The van der Waals surface area contributed by atoms with E-state index in [4.69, 9.17) is 16.3 Å². The topological polar surface area (TPSA) is 104 Å². The molecule has 1 aromatic carbocycles. The Morgan fingerprint density at radius 2 is 1.94 bits per heavy atom. The molecule has 0 spiro atoms. The molecule has 2 heterocycles. The molecule has 0 unspecified atom stereocenters. The molecule has 1 fully saturated rings. The van der Waals surface area contributed by atoms with E-state index in [1.165, 1.54) is 16.2 Å². The van der Waals surface area contributed by atoms with E-state index >= 15 is 0 Å². The Hall–Kier alpha value is -2.53. The van der Waals surface area contributed by atoms with E-state index in [0.29, 0.717) is 34.5 Å². The zero-order valence-electron chi connectivity index (χ0n) is 20.1. The minimum Gasteiger partial charge on any atom is -0.379 e. The SMILES string of the molecule is CC(C)CN(CC(=O)Nc1nc(CC(=O)NCCN2CCOCC2)cs1)C(=O)c1ccccc1Cl. The first-order valence-electron chi connectivity index (χ1n) is 11.7. The molecule has 3 rings (SSSR count). The highest BCUT2D eigenvalue weighted by atomic mass is 35.5. The number of nitrogens with zero attached hydrogens (tertiary/aromatic N) is 3. The molecule has 1 aliphatic heterocycles. The third kappa shape index (κ3) is 8.88. The van der Waals surface area contributed by atoms with Crippen LogP contribution in [0.25, 0.3) is 0 Å². The molecule has 0 atom stereocenters. The summed E-state index contributed by atoms with van der Waals surface area (Å²) in [6, 6.07) is 6.79. The summed E-state index contributed by atoms with van der Waals surface area (Å²) < 4.78 is 5.32. The van der Waals surface area contributed by atoms with Crippen molar-refractivity contribution in [1.29, 1.82) is 0 Å². The van der Waals surface area contributed by atoms with Crippen molar-refractivity contribution in [3.05, 3.63) is 45.9 Å². The minimum absolute atomic E-state index is 0.116. The largest absolute Gasteiger partial charge is 0.379 e. The second-order valence-corrected chi connectivity index (χ2v) is 10.00. The summed E-state index contributed by atoms with van der Waals surface area (Å²) >= 11 is 7.43. The molecule has 2 aromatic rings. The van der Waals surface area contributed by atoms with E-state index in [-0.39, 0.29) is 36.6 Å². The van der Waals surface area contributed by atoms with Crippen molar-refractivity contribution in [2.45, 2.75) is 20.3 Å². The van der Waals surface area contributed by atoms with Crippen molar-refractivity contribution in [3.8, 4) is 0 Å². The van der Waals surface area contributed by atoms with Gasteiger partial charge in [0.2, 0.25) is 11.8 Å². The van der Waals surface area contributed by atoms with Gasteiger partial charge in [0.25, 0.3) is 5.91 Å². The number of aromatic nitrogens is 1. The quantitative estimate of drug-likeness (QED) is 0.471. The molecule has 1 aliphatic rings. The summed E-state index contributed by atoms with van der Waals surface area (Å²) in [6.45, 7) is 8.80. The van der Waals surface area contributed by atoms with Crippen molar-refractivity contribution in [2.75, 3.05) is 57.8 Å². The Labute approximate surface area is 214 Å². The first kappa shape index (κ1) is 27.1. The average Bonchev–Trinajstić information content (AvgIpc) is 3.25. The number of morpholine rings is 1. The Kier molecular flexibility index (Phi) is 10.5. The first-order chi connectivity index (χ1) is 16.8. The number of anilines is 1. The van der Waals surface area contributed by atoms with Crippen LogP contribution in [0.5, 0.6) is 0 Å². The lowest BCUT2D eigenvalue weighted by Crippen LogP contribution is -2.41. The van der Waals surface area contributed by atoms with Crippen molar-refractivity contribution in [2.24, 2.45) is 5.92 Å².